The summed E-state index contributed by atoms with van der Waals surface area (Å²) < 4.78 is 68.9. The Kier molecular flexibility index (Phi) is 5.53. The maximum absolute atomic E-state index is 12.7. The Labute approximate surface area is 167 Å². The Morgan fingerprint density at radius 1 is 1.03 bits per heavy atom. The van der Waals surface area contributed by atoms with E-state index in [1.165, 1.54) is 18.2 Å². The van der Waals surface area contributed by atoms with Crippen LogP contribution in [0, 0.1) is 0 Å². The minimum absolute atomic E-state index is 0.261. The molecule has 0 saturated heterocycles. The van der Waals surface area contributed by atoms with E-state index in [4.69, 9.17) is 0 Å². The Morgan fingerprint density at radius 3 is 2.28 bits per heavy atom. The number of halogens is 3. The highest BCUT2D eigenvalue weighted by Gasteiger charge is 2.34. The van der Waals surface area contributed by atoms with E-state index in [1.807, 2.05) is 0 Å². The average molecular weight is 443 g/mol. The summed E-state index contributed by atoms with van der Waals surface area (Å²) >= 11 is 0.833. The molecule has 11 heteroatoms. The van der Waals surface area contributed by atoms with E-state index in [9.17, 15) is 31.5 Å². The lowest BCUT2D eigenvalue weighted by Gasteiger charge is -2.14. The van der Waals surface area contributed by atoms with E-state index in [-0.39, 0.29) is 10.6 Å². The molecular formula is C18H12F3NO5S2. The van der Waals surface area contributed by atoms with Gasteiger partial charge >= 0.3 is 12.3 Å². The van der Waals surface area contributed by atoms with Gasteiger partial charge in [-0.15, -0.1) is 24.5 Å². The van der Waals surface area contributed by atoms with Crippen molar-refractivity contribution in [1.82, 2.24) is 0 Å². The minimum atomic E-state index is -5.10. The normalized spacial score (nSPS) is 11.8. The van der Waals surface area contributed by atoms with E-state index < -0.39 is 33.0 Å². The van der Waals surface area contributed by atoms with Crippen LogP contribution in [0.3, 0.4) is 0 Å². The van der Waals surface area contributed by atoms with E-state index in [2.05, 4.69) is 9.46 Å². The van der Waals surface area contributed by atoms with Gasteiger partial charge in [-0.25, -0.2) is 13.2 Å². The van der Waals surface area contributed by atoms with Gasteiger partial charge in [-0.05, 0) is 23.8 Å². The summed E-state index contributed by atoms with van der Waals surface area (Å²) in [4.78, 5) is 10.9. The van der Waals surface area contributed by atoms with E-state index in [0.717, 1.165) is 23.5 Å². The molecule has 0 radical (unpaired) electrons. The Morgan fingerprint density at radius 2 is 1.66 bits per heavy atom. The van der Waals surface area contributed by atoms with Crippen molar-refractivity contribution in [2.24, 2.45) is 0 Å². The van der Waals surface area contributed by atoms with Crippen LogP contribution in [0.2, 0.25) is 0 Å². The third-order valence-electron chi connectivity index (χ3n) is 3.59. The maximum Gasteiger partial charge on any atom is 0.573 e. The largest absolute Gasteiger partial charge is 0.573 e. The van der Waals surface area contributed by atoms with E-state index in [1.54, 1.807) is 30.3 Å². The van der Waals surface area contributed by atoms with Crippen LogP contribution in [0.4, 0.5) is 18.9 Å². The number of aromatic carboxylic acids is 1. The first kappa shape index (κ1) is 20.7. The van der Waals surface area contributed by atoms with Gasteiger partial charge in [0.15, 0.2) is 0 Å². The molecule has 29 heavy (non-hydrogen) atoms. The summed E-state index contributed by atoms with van der Waals surface area (Å²) in [5, 5.41) is 9.40. The van der Waals surface area contributed by atoms with Crippen molar-refractivity contribution in [2.75, 3.05) is 4.72 Å². The predicted molar refractivity (Wildman–Crippen MR) is 101 cm³/mol. The van der Waals surface area contributed by atoms with Gasteiger partial charge in [0, 0.05) is 4.88 Å². The molecule has 0 aliphatic carbocycles. The number of rotatable bonds is 6. The van der Waals surface area contributed by atoms with Crippen molar-refractivity contribution in [2.45, 2.75) is 11.3 Å². The molecule has 0 aliphatic rings. The van der Waals surface area contributed by atoms with Gasteiger partial charge in [0.1, 0.15) is 15.5 Å². The zero-order valence-corrected chi connectivity index (χ0v) is 15.9. The van der Waals surface area contributed by atoms with Crippen molar-refractivity contribution in [3.05, 3.63) is 65.5 Å². The van der Waals surface area contributed by atoms with Gasteiger partial charge < -0.3 is 9.84 Å². The van der Waals surface area contributed by atoms with Gasteiger partial charge in [-0.2, -0.15) is 0 Å². The molecule has 6 nitrogen and oxygen atoms in total. The molecule has 0 bridgehead atoms. The van der Waals surface area contributed by atoms with Gasteiger partial charge in [0.05, 0.1) is 5.69 Å². The monoisotopic (exact) mass is 443 g/mol. The molecule has 0 atom stereocenters. The molecule has 3 rings (SSSR count). The SMILES string of the molecule is O=C(O)c1sc(-c2ccccc2)cc1NS(=O)(=O)c1ccccc1OC(F)(F)F. The fraction of sp³-hybridized carbons (Fsp3) is 0.0556. The van der Waals surface area contributed by atoms with Crippen molar-refractivity contribution >= 4 is 33.0 Å². The number of carboxylic acids is 1. The standard InChI is InChI=1S/C18H12F3NO5S2/c19-18(20,21)27-13-8-4-5-9-15(13)29(25,26)22-12-10-14(28-16(12)17(23)24)11-6-2-1-3-7-11/h1-10,22H,(H,23,24). The molecule has 0 saturated carbocycles. The number of hydrogen-bond acceptors (Lipinski definition) is 5. The van der Waals surface area contributed by atoms with Crippen LogP contribution in [-0.4, -0.2) is 25.9 Å². The molecule has 2 N–H and O–H groups in total. The number of benzene rings is 2. The summed E-state index contributed by atoms with van der Waals surface area (Å²) in [5.74, 6) is -2.31. The average Bonchev–Trinajstić information content (AvgIpc) is 3.05. The number of thiophene rings is 1. The summed E-state index contributed by atoms with van der Waals surface area (Å²) in [6.07, 6.45) is -5.10. The highest BCUT2D eigenvalue weighted by molar-refractivity contribution is 7.92. The molecule has 0 spiro atoms. The molecule has 2 aromatic carbocycles. The number of para-hydroxylation sites is 1. The van der Waals surface area contributed by atoms with Gasteiger partial charge in [0.25, 0.3) is 10.0 Å². The second-order valence-electron chi connectivity index (χ2n) is 5.62. The first-order chi connectivity index (χ1) is 13.6. The Bertz CT molecular complexity index is 1140. The summed E-state index contributed by atoms with van der Waals surface area (Å²) in [5.41, 5.74) is 0.398. The number of ether oxygens (including phenoxy) is 1. The number of alkyl halides is 3. The van der Waals surface area contributed by atoms with Crippen LogP contribution < -0.4 is 9.46 Å². The molecule has 0 fully saturated rings. The summed E-state index contributed by atoms with van der Waals surface area (Å²) in [6, 6.07) is 14.1. The zero-order chi connectivity index (χ0) is 21.2. The smallest absolute Gasteiger partial charge is 0.477 e. The topological polar surface area (TPSA) is 92.7 Å². The third kappa shape index (κ3) is 4.87. The lowest BCUT2D eigenvalue weighted by molar-refractivity contribution is -0.275. The van der Waals surface area contributed by atoms with Crippen molar-refractivity contribution in [3.8, 4) is 16.2 Å². The van der Waals surface area contributed by atoms with Gasteiger partial charge in [0.2, 0.25) is 0 Å². The predicted octanol–water partition coefficient (Wildman–Crippen LogP) is 4.81. The molecular weight excluding hydrogens is 431 g/mol. The first-order valence-electron chi connectivity index (χ1n) is 7.87. The maximum atomic E-state index is 12.7. The molecule has 0 aliphatic heterocycles. The number of sulfonamides is 1. The van der Waals surface area contributed by atoms with Crippen molar-refractivity contribution in [1.29, 1.82) is 0 Å². The van der Waals surface area contributed by atoms with Crippen LogP contribution in [0.25, 0.3) is 10.4 Å². The van der Waals surface area contributed by atoms with Crippen LogP contribution in [0.5, 0.6) is 5.75 Å². The van der Waals surface area contributed by atoms with Crippen LogP contribution in [-0.2, 0) is 10.0 Å². The van der Waals surface area contributed by atoms with Gasteiger partial charge in [-0.3, -0.25) is 4.72 Å². The van der Waals surface area contributed by atoms with Crippen LogP contribution in [0.1, 0.15) is 9.67 Å². The number of anilines is 1. The summed E-state index contributed by atoms with van der Waals surface area (Å²) in [6.45, 7) is 0. The zero-order valence-electron chi connectivity index (χ0n) is 14.3. The third-order valence-corrected chi connectivity index (χ3v) is 6.17. The molecule has 152 valence electrons. The molecule has 0 amide bonds. The molecule has 1 aromatic heterocycles. The number of carbonyl (C=O) groups is 1. The van der Waals surface area contributed by atoms with Crippen LogP contribution >= 0.6 is 11.3 Å². The fourth-order valence-electron chi connectivity index (χ4n) is 2.45. The second-order valence-corrected chi connectivity index (χ2v) is 8.33. The quantitative estimate of drug-likeness (QED) is 0.570. The first-order valence-corrected chi connectivity index (χ1v) is 10.2. The van der Waals surface area contributed by atoms with Crippen molar-refractivity contribution < 1.29 is 36.2 Å². The highest BCUT2D eigenvalue weighted by Crippen LogP contribution is 2.37. The Balaban J connectivity index is 2.02. The van der Waals surface area contributed by atoms with Crippen molar-refractivity contribution in [3.63, 3.8) is 0 Å². The minimum Gasteiger partial charge on any atom is -0.477 e. The molecule has 3 aromatic rings. The summed E-state index contributed by atoms with van der Waals surface area (Å²) in [7, 11) is -4.57. The number of hydrogen-bond donors (Lipinski definition) is 2. The molecule has 0 unspecified atom stereocenters. The lowest BCUT2D eigenvalue weighted by atomic mass is 10.2. The van der Waals surface area contributed by atoms with E-state index in [0.29, 0.717) is 10.4 Å². The molecule has 1 heterocycles. The fourth-order valence-corrected chi connectivity index (χ4v) is 4.67. The second kappa shape index (κ2) is 7.76. The lowest BCUT2D eigenvalue weighted by Crippen LogP contribution is -2.21. The van der Waals surface area contributed by atoms with Crippen LogP contribution in [0.15, 0.2) is 65.6 Å². The Hall–Kier alpha value is -3.05. The van der Waals surface area contributed by atoms with Gasteiger partial charge in [-0.1, -0.05) is 42.5 Å². The van der Waals surface area contributed by atoms with E-state index >= 15 is 0 Å². The number of carboxylic acid groups (broad SMARTS) is 1. The highest BCUT2D eigenvalue weighted by atomic mass is 32.2. The number of nitrogens with one attached hydrogen (secondary N) is 1.